The molecule has 0 spiro atoms. The molecule has 0 aliphatic rings. The van der Waals surface area contributed by atoms with Crippen molar-refractivity contribution in [3.8, 4) is 0 Å². The summed E-state index contributed by atoms with van der Waals surface area (Å²) in [5, 5.41) is 6.24. The summed E-state index contributed by atoms with van der Waals surface area (Å²) in [4.78, 5) is 11.8. The summed E-state index contributed by atoms with van der Waals surface area (Å²) < 4.78 is 1.08. The quantitative estimate of drug-likeness (QED) is 0.675. The lowest BCUT2D eigenvalue weighted by Crippen LogP contribution is -2.26. The number of benzene rings is 2. The molecule has 1 amide bonds. The van der Waals surface area contributed by atoms with Crippen LogP contribution in [0, 0.1) is 6.92 Å². The van der Waals surface area contributed by atoms with Crippen LogP contribution in [0.25, 0.3) is 0 Å². The summed E-state index contributed by atoms with van der Waals surface area (Å²) in [5.41, 5.74) is 3.54. The van der Waals surface area contributed by atoms with Crippen LogP contribution in [-0.4, -0.2) is 19.0 Å². The van der Waals surface area contributed by atoms with Crippen molar-refractivity contribution in [1.82, 2.24) is 5.32 Å². The predicted molar refractivity (Wildman–Crippen MR) is 99.8 cm³/mol. The van der Waals surface area contributed by atoms with Gasteiger partial charge in [0.25, 0.3) is 0 Å². The number of nitrogens with one attached hydrogen (secondary N) is 2. The van der Waals surface area contributed by atoms with Crippen molar-refractivity contribution < 1.29 is 4.79 Å². The van der Waals surface area contributed by atoms with E-state index in [2.05, 4.69) is 51.7 Å². The first-order valence-electron chi connectivity index (χ1n) is 7.96. The SMILES string of the molecule is Cc1ccc(NCCC(=O)NCCCc2ccccc2)cc1Br. The minimum absolute atomic E-state index is 0.0942. The van der Waals surface area contributed by atoms with Crippen molar-refractivity contribution in [2.75, 3.05) is 18.4 Å². The Labute approximate surface area is 146 Å². The standard InChI is InChI=1S/C19H23BrN2O/c1-15-9-10-17(14-18(15)20)21-13-11-19(23)22-12-5-8-16-6-3-2-4-7-16/h2-4,6-7,9-10,14,21H,5,8,11-13H2,1H3,(H,22,23). The van der Waals surface area contributed by atoms with E-state index >= 15 is 0 Å². The van der Waals surface area contributed by atoms with E-state index < -0.39 is 0 Å². The maximum absolute atomic E-state index is 11.8. The molecule has 122 valence electrons. The lowest BCUT2D eigenvalue weighted by Gasteiger charge is -2.09. The molecule has 0 fully saturated rings. The van der Waals surface area contributed by atoms with Gasteiger partial charge in [-0.25, -0.2) is 0 Å². The van der Waals surface area contributed by atoms with E-state index in [9.17, 15) is 4.79 Å². The van der Waals surface area contributed by atoms with E-state index in [-0.39, 0.29) is 5.91 Å². The third-order valence-corrected chi connectivity index (χ3v) is 4.51. The fourth-order valence-electron chi connectivity index (χ4n) is 2.28. The van der Waals surface area contributed by atoms with Gasteiger partial charge in [-0.05, 0) is 43.0 Å². The molecule has 0 bridgehead atoms. The first kappa shape index (κ1) is 17.5. The summed E-state index contributed by atoms with van der Waals surface area (Å²) in [6.45, 7) is 3.42. The molecular weight excluding hydrogens is 352 g/mol. The van der Waals surface area contributed by atoms with Gasteiger partial charge in [0.15, 0.2) is 0 Å². The number of carbonyl (C=O) groups excluding carboxylic acids is 1. The number of carbonyl (C=O) groups is 1. The highest BCUT2D eigenvalue weighted by molar-refractivity contribution is 9.10. The third-order valence-electron chi connectivity index (χ3n) is 3.66. The molecule has 0 unspecified atom stereocenters. The topological polar surface area (TPSA) is 41.1 Å². The maximum Gasteiger partial charge on any atom is 0.221 e. The molecule has 3 nitrogen and oxygen atoms in total. The van der Waals surface area contributed by atoms with Crippen LogP contribution >= 0.6 is 15.9 Å². The number of halogens is 1. The van der Waals surface area contributed by atoms with E-state index in [1.54, 1.807) is 0 Å². The van der Waals surface area contributed by atoms with E-state index in [0.717, 1.165) is 29.5 Å². The second-order valence-electron chi connectivity index (χ2n) is 5.58. The third kappa shape index (κ3) is 6.45. The molecule has 2 aromatic carbocycles. The number of hydrogen-bond donors (Lipinski definition) is 2. The average Bonchev–Trinajstić information content (AvgIpc) is 2.56. The minimum atomic E-state index is 0.0942. The van der Waals surface area contributed by atoms with Crippen molar-refractivity contribution in [3.63, 3.8) is 0 Å². The maximum atomic E-state index is 11.8. The zero-order valence-corrected chi connectivity index (χ0v) is 15.0. The van der Waals surface area contributed by atoms with Crippen molar-refractivity contribution in [2.45, 2.75) is 26.2 Å². The monoisotopic (exact) mass is 374 g/mol. The molecule has 0 atom stereocenters. The van der Waals surface area contributed by atoms with Gasteiger partial charge in [-0.1, -0.05) is 52.3 Å². The Morgan fingerprint density at radius 2 is 1.87 bits per heavy atom. The van der Waals surface area contributed by atoms with Crippen LogP contribution in [0.1, 0.15) is 24.0 Å². The van der Waals surface area contributed by atoms with Crippen LogP contribution in [-0.2, 0) is 11.2 Å². The van der Waals surface area contributed by atoms with Gasteiger partial charge in [-0.3, -0.25) is 4.79 Å². The van der Waals surface area contributed by atoms with Crippen molar-refractivity contribution in [3.05, 3.63) is 64.1 Å². The van der Waals surface area contributed by atoms with Crippen LogP contribution in [0.15, 0.2) is 53.0 Å². The highest BCUT2D eigenvalue weighted by atomic mass is 79.9. The molecule has 0 aliphatic carbocycles. The molecule has 0 saturated carbocycles. The fourth-order valence-corrected chi connectivity index (χ4v) is 2.66. The van der Waals surface area contributed by atoms with Crippen LogP contribution in [0.3, 0.4) is 0 Å². The Hall–Kier alpha value is -1.81. The van der Waals surface area contributed by atoms with Gasteiger partial charge in [-0.2, -0.15) is 0 Å². The molecule has 0 aliphatic heterocycles. The molecule has 0 aromatic heterocycles. The zero-order chi connectivity index (χ0) is 16.5. The molecule has 2 rings (SSSR count). The van der Waals surface area contributed by atoms with Crippen molar-refractivity contribution >= 4 is 27.5 Å². The van der Waals surface area contributed by atoms with E-state index in [0.29, 0.717) is 13.0 Å². The van der Waals surface area contributed by atoms with Crippen molar-refractivity contribution in [1.29, 1.82) is 0 Å². The number of amides is 1. The van der Waals surface area contributed by atoms with Gasteiger partial charge in [0.1, 0.15) is 0 Å². The minimum Gasteiger partial charge on any atom is -0.384 e. The van der Waals surface area contributed by atoms with Gasteiger partial charge >= 0.3 is 0 Å². The highest BCUT2D eigenvalue weighted by Crippen LogP contribution is 2.20. The lowest BCUT2D eigenvalue weighted by molar-refractivity contribution is -0.120. The number of anilines is 1. The smallest absolute Gasteiger partial charge is 0.221 e. The number of rotatable bonds is 8. The molecule has 23 heavy (non-hydrogen) atoms. The zero-order valence-electron chi connectivity index (χ0n) is 13.4. The Balaban J connectivity index is 1.59. The summed E-state index contributed by atoms with van der Waals surface area (Å²) >= 11 is 3.51. The number of aryl methyl sites for hydroxylation is 2. The molecule has 0 radical (unpaired) electrons. The van der Waals surface area contributed by atoms with E-state index in [1.807, 2.05) is 30.3 Å². The normalized spacial score (nSPS) is 10.3. The Morgan fingerprint density at radius 3 is 2.61 bits per heavy atom. The van der Waals surface area contributed by atoms with Crippen LogP contribution < -0.4 is 10.6 Å². The highest BCUT2D eigenvalue weighted by Gasteiger charge is 2.02. The fraction of sp³-hybridized carbons (Fsp3) is 0.316. The summed E-state index contributed by atoms with van der Waals surface area (Å²) in [6, 6.07) is 16.5. The van der Waals surface area contributed by atoms with E-state index in [1.165, 1.54) is 11.1 Å². The Bertz CT molecular complexity index is 629. The van der Waals surface area contributed by atoms with Crippen molar-refractivity contribution in [2.24, 2.45) is 0 Å². The molecule has 2 aromatic rings. The lowest BCUT2D eigenvalue weighted by atomic mass is 10.1. The van der Waals surface area contributed by atoms with Gasteiger partial charge in [0.05, 0.1) is 0 Å². The Kier molecular flexibility index (Phi) is 7.14. The van der Waals surface area contributed by atoms with Crippen LogP contribution in [0.2, 0.25) is 0 Å². The molecule has 2 N–H and O–H groups in total. The average molecular weight is 375 g/mol. The van der Waals surface area contributed by atoms with Gasteiger partial charge < -0.3 is 10.6 Å². The van der Waals surface area contributed by atoms with E-state index in [4.69, 9.17) is 0 Å². The van der Waals surface area contributed by atoms with Gasteiger partial charge in [0, 0.05) is 29.7 Å². The van der Waals surface area contributed by atoms with Crippen LogP contribution in [0.5, 0.6) is 0 Å². The summed E-state index contributed by atoms with van der Waals surface area (Å²) in [6.07, 6.45) is 2.45. The van der Waals surface area contributed by atoms with Gasteiger partial charge in [0.2, 0.25) is 5.91 Å². The first-order chi connectivity index (χ1) is 11.1. The second kappa shape index (κ2) is 9.36. The molecule has 4 heteroatoms. The van der Waals surface area contributed by atoms with Crippen LogP contribution in [0.4, 0.5) is 5.69 Å². The first-order valence-corrected chi connectivity index (χ1v) is 8.75. The largest absolute Gasteiger partial charge is 0.384 e. The molecular formula is C19H23BrN2O. The number of hydrogen-bond acceptors (Lipinski definition) is 2. The second-order valence-corrected chi connectivity index (χ2v) is 6.43. The Morgan fingerprint density at radius 1 is 1.09 bits per heavy atom. The van der Waals surface area contributed by atoms with Gasteiger partial charge in [-0.15, -0.1) is 0 Å². The predicted octanol–water partition coefficient (Wildman–Crippen LogP) is 4.31. The summed E-state index contributed by atoms with van der Waals surface area (Å²) in [5.74, 6) is 0.0942. The summed E-state index contributed by atoms with van der Waals surface area (Å²) in [7, 11) is 0. The molecule has 0 saturated heterocycles. The molecule has 0 heterocycles.